The molecule has 0 atom stereocenters. The summed E-state index contributed by atoms with van der Waals surface area (Å²) >= 11 is 0. The van der Waals surface area contributed by atoms with Crippen molar-refractivity contribution in [2.45, 2.75) is 52.5 Å². The molecule has 0 radical (unpaired) electrons. The number of rotatable bonds is 24. The Balaban J connectivity index is 1.35. The zero-order valence-corrected chi connectivity index (χ0v) is 46.4. The summed E-state index contributed by atoms with van der Waals surface area (Å²) in [7, 11) is 6.75. The molecular weight excluding hydrogens is 943 g/mol. The van der Waals surface area contributed by atoms with E-state index in [4.69, 9.17) is 52.1 Å². The van der Waals surface area contributed by atoms with Crippen LogP contribution in [0.15, 0.2) is 109 Å². The van der Waals surface area contributed by atoms with Gasteiger partial charge in [0.05, 0.1) is 107 Å². The number of methoxy groups -OCH3 is 8. The Bertz CT molecular complexity index is 2290. The maximum Gasteiger partial charge on any atom is 0.150 e. The fraction of sp³-hybridized carbons (Fsp3) is 0.333. The second-order valence-corrected chi connectivity index (χ2v) is 32.1. The van der Waals surface area contributed by atoms with Crippen LogP contribution in [0.5, 0.6) is 46.0 Å². The van der Waals surface area contributed by atoms with E-state index in [9.17, 15) is 0 Å². The molecular formula is C54H68O11P2Si2. The molecule has 0 aliphatic rings. The van der Waals surface area contributed by atoms with E-state index in [1.165, 1.54) is 10.4 Å². The average Bonchev–Trinajstić information content (AvgIpc) is 3.35. The van der Waals surface area contributed by atoms with Crippen LogP contribution in [0.1, 0.15) is 11.1 Å². The fourth-order valence-electron chi connectivity index (χ4n) is 8.63. The minimum Gasteiger partial charge on any atom is -0.496 e. The highest BCUT2D eigenvalue weighted by molar-refractivity contribution is 7.81. The van der Waals surface area contributed by atoms with Crippen molar-refractivity contribution < 1.29 is 52.1 Å². The summed E-state index contributed by atoms with van der Waals surface area (Å²) in [5.41, 5.74) is 2.18. The smallest absolute Gasteiger partial charge is 0.150 e. The van der Waals surface area contributed by atoms with Gasteiger partial charge in [0, 0.05) is 15.8 Å². The van der Waals surface area contributed by atoms with Crippen LogP contribution in [0.3, 0.4) is 0 Å². The summed E-state index contributed by atoms with van der Waals surface area (Å²) in [6.45, 7) is 14.7. The average molecular weight is 1010 g/mol. The van der Waals surface area contributed by atoms with Gasteiger partial charge < -0.3 is 52.1 Å². The molecule has 0 aromatic heterocycles. The first-order valence-corrected chi connectivity index (χ1v) is 32.3. The van der Waals surface area contributed by atoms with Crippen LogP contribution in [0.4, 0.5) is 0 Å². The first-order chi connectivity index (χ1) is 33.2. The van der Waals surface area contributed by atoms with Crippen molar-refractivity contribution >= 4 is 74.2 Å². The van der Waals surface area contributed by atoms with Crippen molar-refractivity contribution in [3.63, 3.8) is 0 Å². The third-order valence-electron chi connectivity index (χ3n) is 11.7. The molecule has 0 spiro atoms. The van der Waals surface area contributed by atoms with Gasteiger partial charge in [-0.1, -0.05) is 110 Å². The Morgan fingerprint density at radius 1 is 0.319 bits per heavy atom. The minimum absolute atomic E-state index is 0.000579. The molecule has 0 aliphatic carbocycles. The van der Waals surface area contributed by atoms with E-state index in [0.717, 1.165) is 43.0 Å². The van der Waals surface area contributed by atoms with E-state index >= 15 is 0 Å². The Labute approximate surface area is 413 Å². The quantitative estimate of drug-likeness (QED) is 0.0255. The summed E-state index contributed by atoms with van der Waals surface area (Å²) in [6.07, 6.45) is 0. The van der Waals surface area contributed by atoms with Crippen LogP contribution in [0.25, 0.3) is 0 Å². The van der Waals surface area contributed by atoms with Gasteiger partial charge in [0.2, 0.25) is 0 Å². The van der Waals surface area contributed by atoms with Gasteiger partial charge in [-0.3, -0.25) is 0 Å². The van der Waals surface area contributed by atoms with E-state index in [1.807, 2.05) is 72.8 Å². The van der Waals surface area contributed by atoms with Crippen molar-refractivity contribution in [3.8, 4) is 46.0 Å². The molecule has 11 nitrogen and oxygen atoms in total. The largest absolute Gasteiger partial charge is 0.496 e. The molecule has 368 valence electrons. The van der Waals surface area contributed by atoms with E-state index in [2.05, 4.69) is 75.7 Å². The second kappa shape index (κ2) is 24.1. The molecule has 69 heavy (non-hydrogen) atoms. The van der Waals surface area contributed by atoms with Gasteiger partial charge >= 0.3 is 0 Å². The van der Waals surface area contributed by atoms with Gasteiger partial charge in [0.15, 0.2) is 0 Å². The molecule has 6 rings (SSSR count). The van der Waals surface area contributed by atoms with Crippen LogP contribution in [0, 0.1) is 0 Å². The third-order valence-corrected chi connectivity index (χ3v) is 21.3. The topological polar surface area (TPSA) is 102 Å². The third kappa shape index (κ3) is 11.7. The maximum absolute atomic E-state index is 6.51. The van der Waals surface area contributed by atoms with Crippen molar-refractivity contribution in [2.75, 3.05) is 70.5 Å². The van der Waals surface area contributed by atoms with Gasteiger partial charge in [0.1, 0.15) is 59.6 Å². The maximum atomic E-state index is 6.51. The lowest BCUT2D eigenvalue weighted by Gasteiger charge is -2.31. The molecule has 6 aromatic rings. The highest BCUT2D eigenvalue weighted by atomic mass is 31.1. The van der Waals surface area contributed by atoms with E-state index in [0.29, 0.717) is 46.0 Å². The van der Waals surface area contributed by atoms with Crippen molar-refractivity contribution in [3.05, 3.63) is 120 Å². The number of hydrogen-bond acceptors (Lipinski definition) is 11. The molecule has 0 bridgehead atoms. The van der Waals surface area contributed by atoms with Gasteiger partial charge in [0.25, 0.3) is 0 Å². The fourth-order valence-corrected chi connectivity index (χ4v) is 18.1. The zero-order chi connectivity index (χ0) is 49.9. The Morgan fingerprint density at radius 2 is 0.551 bits per heavy atom. The Kier molecular flexibility index (Phi) is 18.6. The van der Waals surface area contributed by atoms with Crippen molar-refractivity contribution in [2.24, 2.45) is 0 Å². The van der Waals surface area contributed by atoms with E-state index in [1.54, 1.807) is 56.9 Å². The molecule has 15 heteroatoms. The highest BCUT2D eigenvalue weighted by Gasteiger charge is 2.36. The predicted octanol–water partition coefficient (Wildman–Crippen LogP) is 8.03. The lowest BCUT2D eigenvalue weighted by atomic mass is 10.2. The molecule has 0 amide bonds. The van der Waals surface area contributed by atoms with Gasteiger partial charge in [-0.25, -0.2) is 0 Å². The van der Waals surface area contributed by atoms with Crippen molar-refractivity contribution in [1.82, 2.24) is 0 Å². The SMILES string of the molecule is COc1cccc(OC)c1P(c1cccc([Si](C)(C)C)c1COCOCOCc1c(P(c2c(OC)cccc2OC)c2c(OC)cccc2OC)cccc1[Si](C)(C)C)c1c(OC)cccc1OC. The molecule has 6 aromatic carbocycles. The molecule has 0 fully saturated rings. The lowest BCUT2D eigenvalue weighted by Crippen LogP contribution is -2.44. The first kappa shape index (κ1) is 53.2. The van der Waals surface area contributed by atoms with Gasteiger partial charge in [-0.2, -0.15) is 0 Å². The van der Waals surface area contributed by atoms with E-state index in [-0.39, 0.29) is 26.8 Å². The van der Waals surface area contributed by atoms with Crippen LogP contribution >= 0.6 is 15.8 Å². The summed E-state index contributed by atoms with van der Waals surface area (Å²) in [5, 5.41) is 8.35. The molecule has 0 unspecified atom stereocenters. The van der Waals surface area contributed by atoms with Gasteiger partial charge in [-0.15, -0.1) is 0 Å². The van der Waals surface area contributed by atoms with Crippen LogP contribution < -0.4 is 80.1 Å². The summed E-state index contributed by atoms with van der Waals surface area (Å²) in [6, 6.07) is 36.6. The number of ether oxygens (including phenoxy) is 11. The summed E-state index contributed by atoms with van der Waals surface area (Å²) < 4.78 is 67.8. The molecule has 0 saturated heterocycles. The predicted molar refractivity (Wildman–Crippen MR) is 289 cm³/mol. The summed E-state index contributed by atoms with van der Waals surface area (Å²) in [4.78, 5) is 0. The highest BCUT2D eigenvalue weighted by Crippen LogP contribution is 2.48. The normalized spacial score (nSPS) is 11.7. The van der Waals surface area contributed by atoms with Crippen molar-refractivity contribution in [1.29, 1.82) is 0 Å². The number of hydrogen-bond donors (Lipinski definition) is 0. The van der Waals surface area contributed by atoms with Crippen LogP contribution in [0.2, 0.25) is 39.3 Å². The number of benzene rings is 6. The summed E-state index contributed by atoms with van der Waals surface area (Å²) in [5.74, 6) is 5.63. The molecule has 0 heterocycles. The van der Waals surface area contributed by atoms with Crippen LogP contribution in [-0.4, -0.2) is 86.6 Å². The molecule has 0 N–H and O–H groups in total. The van der Waals surface area contributed by atoms with E-state index < -0.39 is 32.0 Å². The monoisotopic (exact) mass is 1010 g/mol. The van der Waals surface area contributed by atoms with Crippen LogP contribution in [-0.2, 0) is 27.4 Å². The zero-order valence-electron chi connectivity index (χ0n) is 42.6. The lowest BCUT2D eigenvalue weighted by molar-refractivity contribution is -0.139. The molecule has 0 aliphatic heterocycles. The Hall–Kier alpha value is -5.11. The second-order valence-electron chi connectivity index (χ2n) is 18.0. The standard InChI is InChI=1S/C54H68O11P2Si2/c1-55-39-21-15-22-40(56-2)51(39)66(52-41(57-3)23-16-24-42(52)58-4)47-29-19-31-49(68(9,10)11)37(47)33-63-35-65-36-64-34-38-48(30-20-32-50(38)69(12,13)14)67(53-43(59-5)25-17-26-44(53)60-6)54-45(61-7)27-18-28-46(54)62-8/h15-32H,33-36H2,1-14H3. The minimum atomic E-state index is -1.96. The van der Waals surface area contributed by atoms with Gasteiger partial charge in [-0.05, 0) is 70.3 Å². The Morgan fingerprint density at radius 3 is 0.768 bits per heavy atom. The molecule has 0 saturated carbocycles. The first-order valence-electron chi connectivity index (χ1n) is 22.6.